The highest BCUT2D eigenvalue weighted by Crippen LogP contribution is 2.77. The quantitative estimate of drug-likeness (QED) is 0.00334. The van der Waals surface area contributed by atoms with Gasteiger partial charge in [-0.1, -0.05) is 164 Å². The number of rotatable bonds is 48. The number of aliphatic hydroxyl groups excluding tert-OH is 8. The maximum absolute atomic E-state index is 17.1. The largest absolute Gasteiger partial charge is 0.464 e. The minimum Gasteiger partial charge on any atom is -0.464 e. The van der Waals surface area contributed by atoms with E-state index in [1.54, 1.807) is 0 Å². The molecule has 12 fully saturated rings. The number of carbonyl (C=O) groups excluding carboxylic acids is 3. The van der Waals surface area contributed by atoms with Gasteiger partial charge in [-0.3, -0.25) is 4.79 Å². The first-order valence-corrected chi connectivity index (χ1v) is 53.3. The zero-order valence-electron chi connectivity index (χ0n) is 86.3. The van der Waals surface area contributed by atoms with Crippen molar-refractivity contribution in [3.8, 4) is 0 Å². The van der Waals surface area contributed by atoms with Crippen molar-refractivity contribution in [1.82, 2.24) is 0 Å². The van der Waals surface area contributed by atoms with Crippen molar-refractivity contribution in [3.63, 3.8) is 0 Å². The second-order valence-corrected chi connectivity index (χ2v) is 44.8. The van der Waals surface area contributed by atoms with Gasteiger partial charge < -0.3 is 160 Å². The predicted molar refractivity (Wildman–Crippen MR) is 510 cm³/mol. The molecule has 5 aliphatic carbocycles. The minimum absolute atomic E-state index is 0.0298. The van der Waals surface area contributed by atoms with E-state index in [9.17, 15) is 50.4 Å². The maximum atomic E-state index is 17.1. The van der Waals surface area contributed by atoms with Gasteiger partial charge in [0.15, 0.2) is 49.9 Å². The Morgan fingerprint density at radius 1 is 0.599 bits per heavy atom. The Balaban J connectivity index is 0.742. The summed E-state index contributed by atoms with van der Waals surface area (Å²) in [5.74, 6) is -2.69. The Kier molecular flexibility index (Phi) is 39.9. The van der Waals surface area contributed by atoms with E-state index in [0.29, 0.717) is 97.1 Å². The maximum Gasteiger partial charge on any atom is 0.338 e. The number of fused-ring (bicyclic) bond motifs is 9. The number of carbonyl (C=O) groups is 3. The van der Waals surface area contributed by atoms with Crippen molar-refractivity contribution in [1.29, 1.82) is 0 Å². The first-order chi connectivity index (χ1) is 67.9. The van der Waals surface area contributed by atoms with Crippen molar-refractivity contribution in [3.05, 3.63) is 47.5 Å². The lowest BCUT2D eigenvalue weighted by molar-refractivity contribution is -0.431. The predicted octanol–water partition coefficient (Wildman–Crippen LogP) is 9.04. The number of aliphatic hydroxyl groups is 8. The molecule has 8 aliphatic heterocycles. The zero-order chi connectivity index (χ0) is 102. The topological polar surface area (TPSA) is 470 Å². The molecule has 10 N–H and O–H groups in total. The van der Waals surface area contributed by atoms with Crippen LogP contribution in [0.1, 0.15) is 257 Å². The Hall–Kier alpha value is -3.36. The summed E-state index contributed by atoms with van der Waals surface area (Å²) >= 11 is 4.85. The van der Waals surface area contributed by atoms with Crippen LogP contribution in [0.4, 0.5) is 0 Å². The van der Waals surface area contributed by atoms with Crippen molar-refractivity contribution in [2.45, 2.75) is 453 Å². The molecule has 13 aliphatic rings. The molecule has 1 aromatic rings. The van der Waals surface area contributed by atoms with Crippen LogP contribution in [-0.2, 0) is 133 Å². The molecule has 0 amide bonds. The highest BCUT2D eigenvalue weighted by molar-refractivity contribution is 7.75. The molecule has 0 spiro atoms. The van der Waals surface area contributed by atoms with Gasteiger partial charge in [0, 0.05) is 38.6 Å². The fourth-order valence-electron chi connectivity index (χ4n) is 25.0. The molecule has 812 valence electrons. The Morgan fingerprint density at radius 2 is 1.26 bits per heavy atom. The smallest absolute Gasteiger partial charge is 0.338 e. The van der Waals surface area contributed by atoms with Crippen molar-refractivity contribution < 1.29 is 173 Å². The molecule has 0 radical (unpaired) electrons. The second-order valence-electron chi connectivity index (χ2n) is 44.6. The summed E-state index contributed by atoms with van der Waals surface area (Å²) < 4.78 is 154. The lowest BCUT2D eigenvalue weighted by Crippen LogP contribution is -2.70. The van der Waals surface area contributed by atoms with E-state index >= 15 is 4.79 Å². The zero-order valence-corrected chi connectivity index (χ0v) is 87.2. The number of allylic oxidation sites excluding steroid dienone is 2. The number of hydrogen-bond acceptors (Lipinski definition) is 38. The van der Waals surface area contributed by atoms with E-state index in [2.05, 4.69) is 75.3 Å². The SMILES string of the molecule is CCCCOCC1O[C@@H](OC(=O)[C@]23CCC(C)(C)CC2C2=CCC4C5(C)CC[C@H](O[C@@H]6OC(C(=O)OCCCC)[C@@H](O)C(O[C@@H]7OC[C@@H](O)C(O)C7O)C6O[C@@H]6OC(CO)[C@H](O)C(O)C6O)C(C)(C=O)C5CCC4(C)C2(C)CC3OS)C(O[C@@H]2OC(C)[C@H](OOC[C@@H](OCCCC)C(O[C@@H]3OCC4(COCCCC)O[C@@H](c5ccccc5)OC34)C(C)OCCCC)C3OCC(C)(C)OC32)C(OCCCC)[C@H]1N. The highest BCUT2D eigenvalue weighted by Gasteiger charge is 2.74. The molecule has 4 saturated carbocycles. The van der Waals surface area contributed by atoms with Gasteiger partial charge in [-0.2, -0.15) is 0 Å². The summed E-state index contributed by atoms with van der Waals surface area (Å²) in [7, 11) is 0. The second kappa shape index (κ2) is 49.6. The summed E-state index contributed by atoms with van der Waals surface area (Å²) in [6.45, 7) is 34.0. The molecular formula is C104H169NO36S. The van der Waals surface area contributed by atoms with Gasteiger partial charge in [-0.15, -0.1) is 0 Å². The van der Waals surface area contributed by atoms with Gasteiger partial charge >= 0.3 is 11.9 Å². The van der Waals surface area contributed by atoms with Gasteiger partial charge in [-0.25, -0.2) is 14.6 Å². The van der Waals surface area contributed by atoms with Crippen LogP contribution in [0, 0.1) is 50.2 Å². The van der Waals surface area contributed by atoms with E-state index in [1.165, 1.54) is 0 Å². The van der Waals surface area contributed by atoms with Crippen LogP contribution in [0.2, 0.25) is 0 Å². The van der Waals surface area contributed by atoms with E-state index in [-0.39, 0.29) is 64.0 Å². The van der Waals surface area contributed by atoms with Crippen LogP contribution in [0.15, 0.2) is 42.0 Å². The van der Waals surface area contributed by atoms with Crippen LogP contribution in [0.3, 0.4) is 0 Å². The van der Waals surface area contributed by atoms with Gasteiger partial charge in [0.2, 0.25) is 6.29 Å². The third-order valence-corrected chi connectivity index (χ3v) is 33.9. The van der Waals surface area contributed by atoms with E-state index in [0.717, 1.165) is 75.2 Å². The number of aldehydes is 1. The van der Waals surface area contributed by atoms with Crippen molar-refractivity contribution >= 4 is 31.1 Å². The first kappa shape index (κ1) is 114. The molecule has 0 aromatic heterocycles. The highest BCUT2D eigenvalue weighted by atomic mass is 32.1. The fourth-order valence-corrected chi connectivity index (χ4v) is 25.2. The third-order valence-electron chi connectivity index (χ3n) is 33.7. The Bertz CT molecular complexity index is 4130. The van der Waals surface area contributed by atoms with Crippen LogP contribution >= 0.6 is 12.9 Å². The van der Waals surface area contributed by atoms with Gasteiger partial charge in [-0.05, 0) is 176 Å². The van der Waals surface area contributed by atoms with Crippen molar-refractivity contribution in [2.24, 2.45) is 56.0 Å². The molecule has 142 heavy (non-hydrogen) atoms. The Labute approximate surface area is 843 Å². The number of unbranched alkanes of at least 4 members (excludes halogenated alkanes) is 6. The minimum atomic E-state index is -2.07. The molecule has 37 nitrogen and oxygen atoms in total. The summed E-state index contributed by atoms with van der Waals surface area (Å²) in [4.78, 5) is 59.3. The first-order valence-electron chi connectivity index (χ1n) is 52.9. The van der Waals surface area contributed by atoms with Gasteiger partial charge in [0.05, 0.1) is 87.7 Å². The standard InChI is InChI=1S/C104H169NO36S/c1-17-23-42-117-52-65-71(105)80(121-46-27-21-5)84(135-94-86-83(124-55-98(11,12)138-86)79(59(8)127-94)140-126-53-66(120-45-26-20-4)78(58(7)119-44-25-19-3)131-95-87-103(57-125-95,56-118-43-24-18-2)139-89(136-87)60-32-30-29-31-33-60)92(129-65)137-96(116)104-41-40-97(9,10)48-62(104)61-34-35-68-99(13)38-37-69(100(14,54-107)67(99)36-39-101(68,15)102(61,16)49-70(104)141-142)130-93-85(134-91-76(113)74(111)73(110)64(50-106)128-91)81(132-90-75(112)72(109)63(108)51-123-90)77(114)82(133-93)88(115)122-47-28-22-6/h29-34,54,58-59,62-87,89-95,106,108-114,142H,17-28,35-53,55-57,105H2,1-16H3/t58?,59?,62?,63-,64?,65?,66-,67?,68?,69+,70?,71+,72?,73+,74?,75?,76?,77+,78?,79+,80?,81?,82?,83?,84?,85?,86?,87?,89+,90+,91+,92+,93-,94+,95+,99?,100?,101?,102?,103?,104-/m1/s1. The molecule has 14 rings (SSSR count). The molecule has 41 atom stereocenters. The number of esters is 2. The molecule has 8 saturated heterocycles. The number of thiol groups is 1. The lowest BCUT2D eigenvalue weighted by Gasteiger charge is -2.71. The summed E-state index contributed by atoms with van der Waals surface area (Å²) in [6, 6.07) is 8.88. The number of hydrogen-bond donors (Lipinski definition) is 10. The van der Waals surface area contributed by atoms with E-state index in [4.69, 9.17) is 137 Å². The van der Waals surface area contributed by atoms with Crippen LogP contribution in [-0.4, -0.2) is 346 Å². The molecule has 0 bridgehead atoms. The average molecular weight is 2040 g/mol. The summed E-state index contributed by atoms with van der Waals surface area (Å²) in [5, 5.41) is 89.2. The van der Waals surface area contributed by atoms with Crippen LogP contribution < -0.4 is 5.73 Å². The normalized spacial score (nSPS) is 43.4. The third kappa shape index (κ3) is 23.9. The molecule has 26 unspecified atom stereocenters. The monoisotopic (exact) mass is 2040 g/mol. The molecular weight excluding hydrogens is 1870 g/mol. The molecule has 38 heteroatoms. The van der Waals surface area contributed by atoms with Crippen molar-refractivity contribution in [2.75, 3.05) is 85.9 Å². The number of benzene rings is 1. The summed E-state index contributed by atoms with van der Waals surface area (Å²) in [6.07, 6.45) is -25.7. The molecule has 8 heterocycles. The number of ether oxygens (including phenoxy) is 22. The van der Waals surface area contributed by atoms with Crippen LogP contribution in [0.25, 0.3) is 0 Å². The Morgan fingerprint density at radius 3 is 1.96 bits per heavy atom. The van der Waals surface area contributed by atoms with Gasteiger partial charge in [0.25, 0.3) is 0 Å². The summed E-state index contributed by atoms with van der Waals surface area (Å²) in [5.41, 5.74) is 2.53. The average Bonchev–Trinajstić information content (AvgIpc) is 1.66. The van der Waals surface area contributed by atoms with E-state index in [1.807, 2.05) is 71.9 Å². The lowest BCUT2D eigenvalue weighted by atomic mass is 9.33. The number of nitrogens with two attached hydrogens (primary N) is 1. The fraction of sp³-hybridized carbons (Fsp3) is 0.894. The molecule has 1 aromatic carbocycles. The van der Waals surface area contributed by atoms with Crippen LogP contribution in [0.5, 0.6) is 0 Å². The van der Waals surface area contributed by atoms with Gasteiger partial charge in [0.1, 0.15) is 134 Å². The van der Waals surface area contributed by atoms with E-state index < -0.39 is 272 Å².